The Balaban J connectivity index is 2.00. The molecule has 0 saturated carbocycles. The highest BCUT2D eigenvalue weighted by Gasteiger charge is 2.28. The molecule has 1 aliphatic heterocycles. The van der Waals surface area contributed by atoms with E-state index in [1.54, 1.807) is 0 Å². The molecule has 1 aromatic rings. The van der Waals surface area contributed by atoms with Gasteiger partial charge in [-0.1, -0.05) is 19.1 Å². The molecule has 0 bridgehead atoms. The molecule has 0 N–H and O–H groups in total. The summed E-state index contributed by atoms with van der Waals surface area (Å²) in [5, 5.41) is 0. The quantitative estimate of drug-likeness (QED) is 0.842. The van der Waals surface area contributed by atoms with Gasteiger partial charge in [-0.15, -0.1) is 0 Å². The predicted molar refractivity (Wildman–Crippen MR) is 72.8 cm³/mol. The molecule has 0 amide bonds. The molecule has 18 heavy (non-hydrogen) atoms. The van der Waals surface area contributed by atoms with E-state index in [2.05, 4.69) is 19.1 Å². The first-order valence-electron chi connectivity index (χ1n) is 6.43. The molecule has 1 heterocycles. The molecule has 2 rings (SSSR count). The average molecular weight is 268 g/mol. The van der Waals surface area contributed by atoms with E-state index < -0.39 is 9.84 Å². The third kappa shape index (κ3) is 3.25. The molecule has 100 valence electrons. The van der Waals surface area contributed by atoms with Gasteiger partial charge in [0.1, 0.15) is 5.75 Å². The Hall–Kier alpha value is -1.03. The van der Waals surface area contributed by atoms with Gasteiger partial charge in [-0.3, -0.25) is 0 Å². The zero-order valence-corrected chi connectivity index (χ0v) is 11.8. The third-order valence-electron chi connectivity index (χ3n) is 3.40. The molecule has 1 aliphatic rings. The minimum atomic E-state index is -2.80. The zero-order valence-electron chi connectivity index (χ0n) is 11.0. The molecule has 0 spiro atoms. The molecule has 4 heteroatoms. The van der Waals surface area contributed by atoms with Gasteiger partial charge in [-0.2, -0.15) is 0 Å². The van der Waals surface area contributed by atoms with Crippen LogP contribution in [0.5, 0.6) is 5.75 Å². The number of hydrogen-bond acceptors (Lipinski definition) is 3. The van der Waals surface area contributed by atoms with Gasteiger partial charge in [0, 0.05) is 5.92 Å². The van der Waals surface area contributed by atoms with Crippen LogP contribution >= 0.6 is 0 Å². The largest absolute Gasteiger partial charge is 0.493 e. The van der Waals surface area contributed by atoms with Crippen LogP contribution < -0.4 is 4.74 Å². The van der Waals surface area contributed by atoms with Crippen LogP contribution in [0.4, 0.5) is 0 Å². The second-order valence-corrected chi connectivity index (χ2v) is 7.27. The van der Waals surface area contributed by atoms with E-state index >= 15 is 0 Å². The summed E-state index contributed by atoms with van der Waals surface area (Å²) in [5.74, 6) is 1.65. The summed E-state index contributed by atoms with van der Waals surface area (Å²) in [6.45, 7) is 4.64. The Morgan fingerprint density at radius 3 is 2.78 bits per heavy atom. The van der Waals surface area contributed by atoms with Crippen molar-refractivity contribution in [3.63, 3.8) is 0 Å². The maximum Gasteiger partial charge on any atom is 0.150 e. The standard InChI is InChI=1S/C14H20O3S/c1-3-13-5-4-11(2)8-14(13)17-9-12-6-7-18(15,16)10-12/h4-5,8,12H,3,6-7,9-10H2,1-2H3. The predicted octanol–water partition coefficient (Wildman–Crippen LogP) is 2.37. The maximum atomic E-state index is 11.4. The first-order valence-corrected chi connectivity index (χ1v) is 8.25. The van der Waals surface area contributed by atoms with Crippen LogP contribution in [0.1, 0.15) is 24.5 Å². The van der Waals surface area contributed by atoms with Crippen molar-refractivity contribution in [1.29, 1.82) is 0 Å². The summed E-state index contributed by atoms with van der Waals surface area (Å²) in [5.41, 5.74) is 2.35. The van der Waals surface area contributed by atoms with Crippen molar-refractivity contribution in [2.24, 2.45) is 5.92 Å². The number of benzene rings is 1. The minimum Gasteiger partial charge on any atom is -0.493 e. The molecular formula is C14H20O3S. The average Bonchev–Trinajstić information content (AvgIpc) is 2.66. The third-order valence-corrected chi connectivity index (χ3v) is 5.24. The van der Waals surface area contributed by atoms with Gasteiger partial charge in [-0.25, -0.2) is 8.42 Å². The summed E-state index contributed by atoms with van der Waals surface area (Å²) in [7, 11) is -2.80. The molecule has 1 saturated heterocycles. The van der Waals surface area contributed by atoms with Crippen LogP contribution in [0.15, 0.2) is 18.2 Å². The van der Waals surface area contributed by atoms with E-state index in [4.69, 9.17) is 4.74 Å². The highest BCUT2D eigenvalue weighted by atomic mass is 32.2. The highest BCUT2D eigenvalue weighted by Crippen LogP contribution is 2.24. The van der Waals surface area contributed by atoms with Crippen molar-refractivity contribution in [2.75, 3.05) is 18.1 Å². The topological polar surface area (TPSA) is 43.4 Å². The van der Waals surface area contributed by atoms with Crippen molar-refractivity contribution < 1.29 is 13.2 Å². The van der Waals surface area contributed by atoms with Crippen molar-refractivity contribution >= 4 is 9.84 Å². The van der Waals surface area contributed by atoms with Gasteiger partial charge >= 0.3 is 0 Å². The number of sulfone groups is 1. The zero-order chi connectivity index (χ0) is 13.2. The first kappa shape index (κ1) is 13.4. The molecule has 0 aliphatic carbocycles. The second kappa shape index (κ2) is 5.31. The Kier molecular flexibility index (Phi) is 3.95. The van der Waals surface area contributed by atoms with Gasteiger partial charge in [0.2, 0.25) is 0 Å². The van der Waals surface area contributed by atoms with E-state index in [9.17, 15) is 8.42 Å². The van der Waals surface area contributed by atoms with Gasteiger partial charge in [0.15, 0.2) is 9.84 Å². The van der Waals surface area contributed by atoms with E-state index in [0.29, 0.717) is 12.4 Å². The number of rotatable bonds is 4. The lowest BCUT2D eigenvalue weighted by molar-refractivity contribution is 0.261. The van der Waals surface area contributed by atoms with E-state index in [1.165, 1.54) is 11.1 Å². The summed E-state index contributed by atoms with van der Waals surface area (Å²) in [6.07, 6.45) is 1.66. The number of ether oxygens (including phenoxy) is 1. The Labute approximate surface area is 109 Å². The molecule has 1 atom stereocenters. The van der Waals surface area contributed by atoms with E-state index in [1.807, 2.05) is 13.0 Å². The molecule has 1 fully saturated rings. The smallest absolute Gasteiger partial charge is 0.150 e. The Morgan fingerprint density at radius 2 is 2.17 bits per heavy atom. The van der Waals surface area contributed by atoms with Gasteiger partial charge in [0.25, 0.3) is 0 Å². The van der Waals surface area contributed by atoms with Gasteiger partial charge < -0.3 is 4.74 Å². The van der Waals surface area contributed by atoms with Crippen molar-refractivity contribution in [1.82, 2.24) is 0 Å². The molecule has 0 aromatic heterocycles. The maximum absolute atomic E-state index is 11.4. The molecule has 3 nitrogen and oxygen atoms in total. The lowest BCUT2D eigenvalue weighted by Gasteiger charge is -2.14. The van der Waals surface area contributed by atoms with Crippen LogP contribution in [0.25, 0.3) is 0 Å². The Bertz CT molecular complexity index is 520. The SMILES string of the molecule is CCc1ccc(C)cc1OCC1CCS(=O)(=O)C1. The Morgan fingerprint density at radius 1 is 1.39 bits per heavy atom. The minimum absolute atomic E-state index is 0.153. The fraction of sp³-hybridized carbons (Fsp3) is 0.571. The van der Waals surface area contributed by atoms with Crippen LogP contribution in [0.3, 0.4) is 0 Å². The fourth-order valence-electron chi connectivity index (χ4n) is 2.30. The summed E-state index contributed by atoms with van der Waals surface area (Å²) in [6, 6.07) is 6.18. The van der Waals surface area contributed by atoms with Crippen LogP contribution in [0, 0.1) is 12.8 Å². The second-order valence-electron chi connectivity index (χ2n) is 5.04. The van der Waals surface area contributed by atoms with Crippen LogP contribution in [0.2, 0.25) is 0 Å². The van der Waals surface area contributed by atoms with Crippen molar-refractivity contribution in [3.8, 4) is 5.75 Å². The normalized spacial score (nSPS) is 22.0. The summed E-state index contributed by atoms with van der Waals surface area (Å²) < 4.78 is 28.6. The van der Waals surface area contributed by atoms with Crippen molar-refractivity contribution in [3.05, 3.63) is 29.3 Å². The number of aryl methyl sites for hydroxylation is 2. The van der Waals surface area contributed by atoms with Gasteiger partial charge in [-0.05, 0) is 37.0 Å². The molecule has 1 aromatic carbocycles. The van der Waals surface area contributed by atoms with Crippen molar-refractivity contribution in [2.45, 2.75) is 26.7 Å². The molecule has 1 unspecified atom stereocenters. The van der Waals surface area contributed by atoms with Gasteiger partial charge in [0.05, 0.1) is 18.1 Å². The highest BCUT2D eigenvalue weighted by molar-refractivity contribution is 7.91. The van der Waals surface area contributed by atoms with E-state index in [-0.39, 0.29) is 11.7 Å². The summed E-state index contributed by atoms with van der Waals surface area (Å²) in [4.78, 5) is 0. The van der Waals surface area contributed by atoms with Crippen LogP contribution in [-0.4, -0.2) is 26.5 Å². The molecule has 0 radical (unpaired) electrons. The lowest BCUT2D eigenvalue weighted by Crippen LogP contribution is -2.14. The van der Waals surface area contributed by atoms with Crippen LogP contribution in [-0.2, 0) is 16.3 Å². The molecular weight excluding hydrogens is 248 g/mol. The fourth-order valence-corrected chi connectivity index (χ4v) is 4.14. The monoisotopic (exact) mass is 268 g/mol. The summed E-state index contributed by atoms with van der Waals surface area (Å²) >= 11 is 0. The lowest BCUT2D eigenvalue weighted by atomic mass is 10.1. The van der Waals surface area contributed by atoms with E-state index in [0.717, 1.165) is 18.6 Å². The number of hydrogen-bond donors (Lipinski definition) is 0. The first-order chi connectivity index (χ1) is 8.50.